The minimum absolute atomic E-state index is 0.0930. The minimum Gasteiger partial charge on any atom is -0.394 e. The first-order chi connectivity index (χ1) is 9.45. The summed E-state index contributed by atoms with van der Waals surface area (Å²) in [7, 11) is -0.313. The summed E-state index contributed by atoms with van der Waals surface area (Å²) >= 11 is 0. The Morgan fingerprint density at radius 2 is 2.20 bits per heavy atom. The van der Waals surface area contributed by atoms with Crippen LogP contribution in [-0.4, -0.2) is 50.8 Å². The number of imidazole rings is 1. The summed E-state index contributed by atoms with van der Waals surface area (Å²) < 4.78 is 29.1. The van der Waals surface area contributed by atoms with Gasteiger partial charge >= 0.3 is 0 Å². The normalized spacial score (nSPS) is 12.2. The van der Waals surface area contributed by atoms with Crippen molar-refractivity contribution in [2.45, 2.75) is 18.0 Å². The third kappa shape index (κ3) is 2.89. The molecule has 0 spiro atoms. The number of aromatic nitrogens is 4. The number of nitrogens with zero attached hydrogens (tertiary/aromatic N) is 5. The molecule has 0 amide bonds. The fourth-order valence-corrected chi connectivity index (χ4v) is 2.80. The zero-order chi connectivity index (χ0) is 14.8. The molecule has 0 aliphatic carbocycles. The molecule has 9 heteroatoms. The molecule has 0 saturated heterocycles. The molecule has 0 aromatic carbocycles. The number of hydrogen-bond donors (Lipinski definition) is 1. The second-order valence-corrected chi connectivity index (χ2v) is 6.42. The summed E-state index contributed by atoms with van der Waals surface area (Å²) in [5.74, 6) is 0.652. The van der Waals surface area contributed by atoms with Crippen molar-refractivity contribution >= 4 is 10.0 Å². The van der Waals surface area contributed by atoms with Gasteiger partial charge in [0.25, 0.3) is 0 Å². The van der Waals surface area contributed by atoms with Gasteiger partial charge in [-0.15, -0.1) is 0 Å². The van der Waals surface area contributed by atoms with Gasteiger partial charge in [0.05, 0.1) is 25.9 Å². The molecule has 2 aromatic heterocycles. The summed E-state index contributed by atoms with van der Waals surface area (Å²) in [4.78, 5) is 4.20. The topological polar surface area (TPSA) is 93.3 Å². The van der Waals surface area contributed by atoms with Crippen LogP contribution in [0.5, 0.6) is 0 Å². The lowest BCUT2D eigenvalue weighted by atomic mass is 10.6. The lowest BCUT2D eigenvalue weighted by molar-refractivity contribution is 0.269. The third-order valence-electron chi connectivity index (χ3n) is 2.93. The largest absolute Gasteiger partial charge is 0.394 e. The smallest absolute Gasteiger partial charge is 0.246 e. The highest BCUT2D eigenvalue weighted by atomic mass is 32.2. The fraction of sp³-hybridized carbons (Fsp3) is 0.455. The van der Waals surface area contributed by atoms with E-state index in [9.17, 15) is 8.42 Å². The quantitative estimate of drug-likeness (QED) is 0.771. The second-order valence-electron chi connectivity index (χ2n) is 4.38. The Balaban J connectivity index is 2.18. The van der Waals surface area contributed by atoms with Crippen molar-refractivity contribution in [2.75, 3.05) is 13.7 Å². The van der Waals surface area contributed by atoms with E-state index in [1.807, 2.05) is 7.05 Å². The van der Waals surface area contributed by atoms with Crippen LogP contribution >= 0.6 is 0 Å². The van der Waals surface area contributed by atoms with E-state index in [4.69, 9.17) is 5.11 Å². The highest BCUT2D eigenvalue weighted by Gasteiger charge is 2.23. The highest BCUT2D eigenvalue weighted by molar-refractivity contribution is 7.89. The van der Waals surface area contributed by atoms with Crippen LogP contribution < -0.4 is 0 Å². The molecule has 0 atom stereocenters. The van der Waals surface area contributed by atoms with Crippen LogP contribution in [0.25, 0.3) is 0 Å². The van der Waals surface area contributed by atoms with E-state index in [1.165, 1.54) is 28.4 Å². The van der Waals surface area contributed by atoms with Crippen LogP contribution in [0.2, 0.25) is 0 Å². The van der Waals surface area contributed by atoms with Gasteiger partial charge in [-0.25, -0.2) is 13.4 Å². The van der Waals surface area contributed by atoms with E-state index in [-0.39, 0.29) is 24.6 Å². The molecule has 0 aliphatic heterocycles. The predicted molar refractivity (Wildman–Crippen MR) is 71.2 cm³/mol. The van der Waals surface area contributed by atoms with Crippen LogP contribution in [0, 0.1) is 0 Å². The Morgan fingerprint density at radius 3 is 2.80 bits per heavy atom. The summed E-state index contributed by atoms with van der Waals surface area (Å²) in [5, 5.41) is 12.7. The van der Waals surface area contributed by atoms with Crippen molar-refractivity contribution in [1.29, 1.82) is 0 Å². The molecule has 110 valence electrons. The number of hydrogen-bond acceptors (Lipinski definition) is 5. The first-order valence-electron chi connectivity index (χ1n) is 6.01. The Bertz CT molecular complexity index is 676. The van der Waals surface area contributed by atoms with Gasteiger partial charge in [0.15, 0.2) is 0 Å². The lowest BCUT2D eigenvalue weighted by Gasteiger charge is -2.15. The molecule has 2 rings (SSSR count). The SMILES string of the molecule is CN(Cc1nccn1C)S(=O)(=O)c1cnn(CCO)c1. The van der Waals surface area contributed by atoms with E-state index in [0.29, 0.717) is 5.82 Å². The minimum atomic E-state index is -3.61. The van der Waals surface area contributed by atoms with E-state index in [0.717, 1.165) is 0 Å². The Morgan fingerprint density at radius 1 is 1.45 bits per heavy atom. The van der Waals surface area contributed by atoms with Crippen LogP contribution in [0.4, 0.5) is 0 Å². The van der Waals surface area contributed by atoms with Crippen molar-refractivity contribution in [3.05, 3.63) is 30.6 Å². The zero-order valence-corrected chi connectivity index (χ0v) is 12.2. The number of aliphatic hydroxyl groups is 1. The Kier molecular flexibility index (Phi) is 4.21. The molecule has 0 unspecified atom stereocenters. The van der Waals surface area contributed by atoms with Gasteiger partial charge in [0, 0.05) is 32.7 Å². The van der Waals surface area contributed by atoms with E-state index in [2.05, 4.69) is 10.1 Å². The summed E-state index contributed by atoms with van der Waals surface area (Å²) in [6.45, 7) is 0.347. The third-order valence-corrected chi connectivity index (χ3v) is 4.69. The van der Waals surface area contributed by atoms with Crippen LogP contribution in [0.15, 0.2) is 29.7 Å². The summed E-state index contributed by atoms with van der Waals surface area (Å²) in [6, 6.07) is 0. The molecule has 2 aromatic rings. The van der Waals surface area contributed by atoms with Crippen LogP contribution in [0.3, 0.4) is 0 Å². The monoisotopic (exact) mass is 299 g/mol. The van der Waals surface area contributed by atoms with Gasteiger partial charge < -0.3 is 9.67 Å². The maximum absolute atomic E-state index is 12.4. The van der Waals surface area contributed by atoms with Gasteiger partial charge in [-0.05, 0) is 0 Å². The number of rotatable bonds is 6. The first kappa shape index (κ1) is 14.7. The molecule has 0 fully saturated rings. The molecule has 0 saturated carbocycles. The molecule has 0 radical (unpaired) electrons. The standard InChI is InChI=1S/C11H17N5O3S/c1-14-4-3-12-11(14)9-15(2)20(18,19)10-7-13-16(8-10)5-6-17/h3-4,7-8,17H,5-6,9H2,1-2H3. The molecule has 1 N–H and O–H groups in total. The summed E-state index contributed by atoms with van der Waals surface area (Å²) in [5.41, 5.74) is 0. The van der Waals surface area contributed by atoms with Crippen LogP contribution in [-0.2, 0) is 30.2 Å². The maximum atomic E-state index is 12.4. The van der Waals surface area contributed by atoms with E-state index >= 15 is 0 Å². The number of aliphatic hydroxyl groups excluding tert-OH is 1. The molecule has 0 aliphatic rings. The Hall–Kier alpha value is -1.71. The van der Waals surface area contributed by atoms with Crippen molar-refractivity contribution in [2.24, 2.45) is 7.05 Å². The van der Waals surface area contributed by atoms with Crippen LogP contribution in [0.1, 0.15) is 5.82 Å². The fourth-order valence-electron chi connectivity index (χ4n) is 1.72. The van der Waals surface area contributed by atoms with Gasteiger partial charge in [0.1, 0.15) is 10.7 Å². The van der Waals surface area contributed by atoms with Crippen molar-refractivity contribution in [3.8, 4) is 0 Å². The van der Waals surface area contributed by atoms with Gasteiger partial charge in [-0.3, -0.25) is 4.68 Å². The highest BCUT2D eigenvalue weighted by Crippen LogP contribution is 2.15. The predicted octanol–water partition coefficient (Wildman–Crippen LogP) is -0.570. The average Bonchev–Trinajstić information content (AvgIpc) is 3.00. The molecule has 8 nitrogen and oxygen atoms in total. The summed E-state index contributed by atoms with van der Waals surface area (Å²) in [6.07, 6.45) is 6.06. The molecular weight excluding hydrogens is 282 g/mol. The van der Waals surface area contributed by atoms with E-state index in [1.54, 1.807) is 17.0 Å². The first-order valence-corrected chi connectivity index (χ1v) is 7.45. The molecule has 20 heavy (non-hydrogen) atoms. The van der Waals surface area contributed by atoms with Crippen molar-refractivity contribution in [3.63, 3.8) is 0 Å². The second kappa shape index (κ2) is 5.73. The average molecular weight is 299 g/mol. The number of sulfonamides is 1. The molecule has 2 heterocycles. The van der Waals surface area contributed by atoms with Crippen molar-refractivity contribution < 1.29 is 13.5 Å². The van der Waals surface area contributed by atoms with Gasteiger partial charge in [-0.2, -0.15) is 9.40 Å². The molecule has 0 bridgehead atoms. The van der Waals surface area contributed by atoms with Crippen molar-refractivity contribution in [1.82, 2.24) is 23.6 Å². The van der Waals surface area contributed by atoms with E-state index < -0.39 is 10.0 Å². The Labute approximate surface area is 117 Å². The number of aryl methyl sites for hydroxylation is 1. The zero-order valence-electron chi connectivity index (χ0n) is 11.3. The maximum Gasteiger partial charge on any atom is 0.246 e. The van der Waals surface area contributed by atoms with Gasteiger partial charge in [0.2, 0.25) is 10.0 Å². The van der Waals surface area contributed by atoms with Gasteiger partial charge in [-0.1, -0.05) is 0 Å². The molecular formula is C11H17N5O3S. The lowest BCUT2D eigenvalue weighted by Crippen LogP contribution is -2.27.